The second kappa shape index (κ2) is 9.81. The Morgan fingerprint density at radius 1 is 0.941 bits per heavy atom. The maximum atomic E-state index is 13.1. The summed E-state index contributed by atoms with van der Waals surface area (Å²) in [6.45, 7) is -0.172. The molecule has 1 aliphatic rings. The molecule has 4 nitrogen and oxygen atoms in total. The molecule has 1 atom stereocenters. The number of esters is 1. The quantitative estimate of drug-likeness (QED) is 0.317. The number of aryl methyl sites for hydroxylation is 1. The highest BCUT2D eigenvalue weighted by Gasteiger charge is 2.30. The molecule has 0 aliphatic heterocycles. The second-order valence-corrected chi connectivity index (χ2v) is 8.16. The zero-order chi connectivity index (χ0) is 24.3. The summed E-state index contributed by atoms with van der Waals surface area (Å²) in [5.41, 5.74) is 3.98. The first-order chi connectivity index (χ1) is 16.3. The van der Waals surface area contributed by atoms with Gasteiger partial charge in [0.2, 0.25) is 0 Å². The highest BCUT2D eigenvalue weighted by molar-refractivity contribution is 5.99. The maximum Gasteiger partial charge on any atom is 0.416 e. The van der Waals surface area contributed by atoms with Gasteiger partial charge in [-0.05, 0) is 52.8 Å². The molecule has 0 amide bonds. The van der Waals surface area contributed by atoms with E-state index < -0.39 is 17.7 Å². The van der Waals surface area contributed by atoms with Crippen molar-refractivity contribution in [3.05, 3.63) is 94.5 Å². The van der Waals surface area contributed by atoms with E-state index in [0.29, 0.717) is 17.5 Å². The summed E-state index contributed by atoms with van der Waals surface area (Å²) >= 11 is 0. The average molecular weight is 468 g/mol. The number of benzene rings is 3. The van der Waals surface area contributed by atoms with E-state index in [4.69, 9.17) is 4.74 Å². The Balaban J connectivity index is 1.48. The van der Waals surface area contributed by atoms with Gasteiger partial charge in [0.15, 0.2) is 5.78 Å². The molecule has 34 heavy (non-hydrogen) atoms. The zero-order valence-corrected chi connectivity index (χ0v) is 18.5. The van der Waals surface area contributed by atoms with Crippen LogP contribution in [-0.4, -0.2) is 25.5 Å². The number of rotatable bonds is 7. The Morgan fingerprint density at radius 3 is 2.21 bits per heavy atom. The van der Waals surface area contributed by atoms with Crippen LogP contribution in [0.2, 0.25) is 0 Å². The van der Waals surface area contributed by atoms with Crippen LogP contribution in [0.5, 0.6) is 0 Å². The van der Waals surface area contributed by atoms with Gasteiger partial charge in [-0.15, -0.1) is 0 Å². The van der Waals surface area contributed by atoms with Gasteiger partial charge in [-0.2, -0.15) is 13.2 Å². The molecule has 3 aromatic rings. The lowest BCUT2D eigenvalue weighted by atomic mass is 9.94. The SMILES string of the molecule is COC(=O)COC1CCc2cccc(C(=O)Cc3ccc(-c4ccc(C(F)(F)F)cc4)cc3)c21. The van der Waals surface area contributed by atoms with Gasteiger partial charge in [0.05, 0.1) is 18.8 Å². The molecule has 0 saturated heterocycles. The van der Waals surface area contributed by atoms with Crippen LogP contribution >= 0.6 is 0 Å². The van der Waals surface area contributed by atoms with Crippen molar-refractivity contribution in [1.29, 1.82) is 0 Å². The van der Waals surface area contributed by atoms with Crippen LogP contribution in [0.3, 0.4) is 0 Å². The van der Waals surface area contributed by atoms with E-state index in [1.54, 1.807) is 30.3 Å². The van der Waals surface area contributed by atoms with Crippen LogP contribution in [0.15, 0.2) is 66.7 Å². The van der Waals surface area contributed by atoms with E-state index in [2.05, 4.69) is 4.74 Å². The minimum atomic E-state index is -4.37. The molecule has 0 radical (unpaired) electrons. The number of methoxy groups -OCH3 is 1. The summed E-state index contributed by atoms with van der Waals surface area (Å²) in [5.74, 6) is -0.530. The molecule has 1 aliphatic carbocycles. The third-order valence-electron chi connectivity index (χ3n) is 5.99. The van der Waals surface area contributed by atoms with Crippen molar-refractivity contribution in [3.63, 3.8) is 0 Å². The summed E-state index contributed by atoms with van der Waals surface area (Å²) in [4.78, 5) is 24.6. The zero-order valence-electron chi connectivity index (χ0n) is 18.5. The average Bonchev–Trinajstić information content (AvgIpc) is 3.25. The summed E-state index contributed by atoms with van der Waals surface area (Å²) in [6.07, 6.45) is -3.07. The first-order valence-corrected chi connectivity index (χ1v) is 10.9. The lowest BCUT2D eigenvalue weighted by Gasteiger charge is -2.16. The van der Waals surface area contributed by atoms with E-state index in [9.17, 15) is 22.8 Å². The number of carbonyl (C=O) groups excluding carboxylic acids is 2. The summed E-state index contributed by atoms with van der Waals surface area (Å²) in [5, 5.41) is 0. The van der Waals surface area contributed by atoms with Crippen LogP contribution in [0.25, 0.3) is 11.1 Å². The largest absolute Gasteiger partial charge is 0.467 e. The molecule has 3 aromatic carbocycles. The smallest absolute Gasteiger partial charge is 0.416 e. The highest BCUT2D eigenvalue weighted by Crippen LogP contribution is 2.37. The van der Waals surface area contributed by atoms with Crippen molar-refractivity contribution in [2.24, 2.45) is 0 Å². The minimum Gasteiger partial charge on any atom is -0.467 e. The number of halogens is 3. The third kappa shape index (κ3) is 5.20. The number of Topliss-reactive ketones (excluding diaryl/α,β-unsaturated/α-hetero) is 1. The fraction of sp³-hybridized carbons (Fsp3) is 0.259. The van der Waals surface area contributed by atoms with Crippen molar-refractivity contribution >= 4 is 11.8 Å². The predicted octanol–water partition coefficient (Wildman–Crippen LogP) is 5.97. The lowest BCUT2D eigenvalue weighted by molar-refractivity contribution is -0.148. The van der Waals surface area contributed by atoms with Crippen molar-refractivity contribution in [3.8, 4) is 11.1 Å². The van der Waals surface area contributed by atoms with E-state index >= 15 is 0 Å². The first kappa shape index (κ1) is 23.7. The van der Waals surface area contributed by atoms with Crippen LogP contribution in [0, 0.1) is 0 Å². The van der Waals surface area contributed by atoms with Gasteiger partial charge in [-0.1, -0.05) is 54.6 Å². The second-order valence-electron chi connectivity index (χ2n) is 8.16. The van der Waals surface area contributed by atoms with E-state index in [1.165, 1.54) is 19.2 Å². The molecular formula is C27H23F3O4. The molecule has 0 aromatic heterocycles. The summed E-state index contributed by atoms with van der Waals surface area (Å²) in [7, 11) is 1.30. The van der Waals surface area contributed by atoms with Gasteiger partial charge >= 0.3 is 12.1 Å². The molecular weight excluding hydrogens is 445 g/mol. The third-order valence-corrected chi connectivity index (χ3v) is 5.99. The molecule has 0 bridgehead atoms. The number of alkyl halides is 3. The minimum absolute atomic E-state index is 0.0623. The van der Waals surface area contributed by atoms with Crippen LogP contribution in [0.1, 0.15) is 45.1 Å². The lowest BCUT2D eigenvalue weighted by Crippen LogP contribution is -2.15. The fourth-order valence-electron chi connectivity index (χ4n) is 4.23. The van der Waals surface area contributed by atoms with Gasteiger partial charge in [0.1, 0.15) is 6.61 Å². The van der Waals surface area contributed by atoms with Gasteiger partial charge in [-0.3, -0.25) is 4.79 Å². The summed E-state index contributed by atoms with van der Waals surface area (Å²) in [6, 6.07) is 17.8. The first-order valence-electron chi connectivity index (χ1n) is 10.9. The van der Waals surface area contributed by atoms with Crippen molar-refractivity contribution in [2.75, 3.05) is 13.7 Å². The van der Waals surface area contributed by atoms with Crippen LogP contribution in [0.4, 0.5) is 13.2 Å². The molecule has 0 spiro atoms. The van der Waals surface area contributed by atoms with Crippen molar-refractivity contribution in [1.82, 2.24) is 0 Å². The Hall–Kier alpha value is -3.45. The molecule has 0 fully saturated rings. The molecule has 0 saturated carbocycles. The van der Waals surface area contributed by atoms with Crippen LogP contribution in [-0.2, 0) is 33.3 Å². The Kier molecular flexibility index (Phi) is 6.84. The number of ether oxygens (including phenoxy) is 2. The highest BCUT2D eigenvalue weighted by atomic mass is 19.4. The number of carbonyl (C=O) groups is 2. The van der Waals surface area contributed by atoms with Gasteiger partial charge in [-0.25, -0.2) is 4.79 Å². The van der Waals surface area contributed by atoms with Gasteiger partial charge in [0, 0.05) is 12.0 Å². The Bertz CT molecular complexity index is 1180. The van der Waals surface area contributed by atoms with Crippen LogP contribution < -0.4 is 0 Å². The summed E-state index contributed by atoms with van der Waals surface area (Å²) < 4.78 is 48.7. The molecule has 0 N–H and O–H groups in total. The maximum absolute atomic E-state index is 13.1. The number of fused-ring (bicyclic) bond motifs is 1. The molecule has 0 heterocycles. The standard InChI is InChI=1S/C27H23F3O4/c1-33-25(32)16-34-24-14-11-20-3-2-4-22(26(20)24)23(31)15-17-5-7-18(8-6-17)19-9-12-21(13-10-19)27(28,29)30/h2-10,12-13,24H,11,14-16H2,1H3. The van der Waals surface area contributed by atoms with E-state index in [0.717, 1.165) is 40.8 Å². The van der Waals surface area contributed by atoms with Gasteiger partial charge in [0.25, 0.3) is 0 Å². The number of ketones is 1. The molecule has 4 rings (SSSR count). The van der Waals surface area contributed by atoms with Gasteiger partial charge < -0.3 is 9.47 Å². The molecule has 1 unspecified atom stereocenters. The molecule has 176 valence electrons. The topological polar surface area (TPSA) is 52.6 Å². The molecule has 7 heteroatoms. The predicted molar refractivity (Wildman–Crippen MR) is 120 cm³/mol. The fourth-order valence-corrected chi connectivity index (χ4v) is 4.23. The van der Waals surface area contributed by atoms with E-state index in [-0.39, 0.29) is 24.9 Å². The Labute approximate surface area is 195 Å². The normalized spacial score (nSPS) is 15.1. The van der Waals surface area contributed by atoms with Crippen molar-refractivity contribution in [2.45, 2.75) is 31.5 Å². The monoisotopic (exact) mass is 468 g/mol. The van der Waals surface area contributed by atoms with E-state index in [1.807, 2.05) is 12.1 Å². The number of hydrogen-bond donors (Lipinski definition) is 0. The number of hydrogen-bond acceptors (Lipinski definition) is 4. The Morgan fingerprint density at radius 2 is 1.59 bits per heavy atom. The van der Waals surface area contributed by atoms with Crippen molar-refractivity contribution < 1.29 is 32.2 Å².